The lowest BCUT2D eigenvalue weighted by Crippen LogP contribution is -2.11. The molecule has 2 aromatic rings. The molecule has 0 saturated heterocycles. The van der Waals surface area contributed by atoms with Gasteiger partial charge in [0.05, 0.1) is 27.0 Å². The van der Waals surface area contributed by atoms with Crippen molar-refractivity contribution in [3.8, 4) is 17.6 Å². The molecule has 122 valence electrons. The zero-order chi connectivity index (χ0) is 17.2. The van der Waals surface area contributed by atoms with Crippen LogP contribution in [-0.2, 0) is 10.1 Å². The van der Waals surface area contributed by atoms with E-state index in [4.69, 9.17) is 37.4 Å². The monoisotopic (exact) mass is 455 g/mol. The maximum atomic E-state index is 12.4. The van der Waals surface area contributed by atoms with Crippen molar-refractivity contribution >= 4 is 60.6 Å². The summed E-state index contributed by atoms with van der Waals surface area (Å²) in [5, 5.41) is 8.98. The van der Waals surface area contributed by atoms with Crippen LogP contribution in [0.3, 0.4) is 0 Å². The molecule has 0 N–H and O–H groups in total. The number of hydrogen-bond donors (Lipinski definition) is 0. The summed E-state index contributed by atoms with van der Waals surface area (Å²) < 4.78 is 35.8. The van der Waals surface area contributed by atoms with Gasteiger partial charge in [-0.2, -0.15) is 13.7 Å². The number of nitriles is 1. The van der Waals surface area contributed by atoms with Gasteiger partial charge in [-0.25, -0.2) is 0 Å². The Bertz CT molecular complexity index is 890. The molecule has 0 amide bonds. The normalized spacial score (nSPS) is 11.1. The molecule has 0 aliphatic rings. The Kier molecular flexibility index (Phi) is 5.81. The smallest absolute Gasteiger partial charge is 0.341 e. The SMILES string of the molecule is CCOc1cc(C#N)cc(Br)c1OS(=O)(=O)c1cc(Cl)sc1Cl. The second-order valence-corrected chi connectivity index (χ2v) is 8.71. The summed E-state index contributed by atoms with van der Waals surface area (Å²) in [5.41, 5.74) is 0.293. The van der Waals surface area contributed by atoms with Crippen LogP contribution in [0.5, 0.6) is 11.5 Å². The van der Waals surface area contributed by atoms with Gasteiger partial charge in [0.1, 0.15) is 9.23 Å². The third-order valence-electron chi connectivity index (χ3n) is 2.53. The van der Waals surface area contributed by atoms with Crippen molar-refractivity contribution in [3.05, 3.63) is 36.9 Å². The molecule has 1 aromatic carbocycles. The van der Waals surface area contributed by atoms with E-state index < -0.39 is 10.1 Å². The van der Waals surface area contributed by atoms with Crippen LogP contribution >= 0.6 is 50.5 Å². The van der Waals surface area contributed by atoms with E-state index in [2.05, 4.69) is 15.9 Å². The summed E-state index contributed by atoms with van der Waals surface area (Å²) in [6.07, 6.45) is 0. The maximum absolute atomic E-state index is 12.4. The Morgan fingerprint density at radius 2 is 2.04 bits per heavy atom. The highest BCUT2D eigenvalue weighted by atomic mass is 79.9. The number of hydrogen-bond acceptors (Lipinski definition) is 6. The van der Waals surface area contributed by atoms with Crippen LogP contribution in [0, 0.1) is 11.3 Å². The summed E-state index contributed by atoms with van der Waals surface area (Å²) >= 11 is 15.7. The number of ether oxygens (including phenoxy) is 1. The number of rotatable bonds is 5. The molecule has 0 radical (unpaired) electrons. The van der Waals surface area contributed by atoms with Crippen LogP contribution in [0.2, 0.25) is 8.67 Å². The molecular weight excluding hydrogens is 449 g/mol. The molecule has 0 aliphatic carbocycles. The molecule has 0 spiro atoms. The highest BCUT2D eigenvalue weighted by Gasteiger charge is 2.26. The van der Waals surface area contributed by atoms with Crippen molar-refractivity contribution in [1.82, 2.24) is 0 Å². The van der Waals surface area contributed by atoms with Crippen LogP contribution in [-0.4, -0.2) is 15.0 Å². The first kappa shape index (κ1) is 18.4. The van der Waals surface area contributed by atoms with Crippen molar-refractivity contribution in [1.29, 1.82) is 5.26 Å². The lowest BCUT2D eigenvalue weighted by molar-refractivity contribution is 0.327. The molecular formula is C13H8BrCl2NO4S2. The molecule has 23 heavy (non-hydrogen) atoms. The molecule has 1 aromatic heterocycles. The molecule has 1 heterocycles. The van der Waals surface area contributed by atoms with Crippen molar-refractivity contribution in [2.24, 2.45) is 0 Å². The zero-order valence-electron chi connectivity index (χ0n) is 11.5. The Morgan fingerprint density at radius 3 is 2.57 bits per heavy atom. The van der Waals surface area contributed by atoms with Crippen molar-refractivity contribution < 1.29 is 17.3 Å². The quantitative estimate of drug-likeness (QED) is 0.600. The van der Waals surface area contributed by atoms with Crippen molar-refractivity contribution in [2.75, 3.05) is 6.61 Å². The van der Waals surface area contributed by atoms with Gasteiger partial charge >= 0.3 is 10.1 Å². The molecule has 5 nitrogen and oxygen atoms in total. The van der Waals surface area contributed by atoms with E-state index >= 15 is 0 Å². The lowest BCUT2D eigenvalue weighted by Gasteiger charge is -2.13. The first-order valence-electron chi connectivity index (χ1n) is 6.04. The van der Waals surface area contributed by atoms with E-state index in [1.165, 1.54) is 18.2 Å². The highest BCUT2D eigenvalue weighted by molar-refractivity contribution is 9.10. The van der Waals surface area contributed by atoms with Gasteiger partial charge < -0.3 is 8.92 Å². The topological polar surface area (TPSA) is 76.4 Å². The first-order chi connectivity index (χ1) is 10.8. The van der Waals surface area contributed by atoms with Crippen LogP contribution in [0.1, 0.15) is 12.5 Å². The van der Waals surface area contributed by atoms with Crippen molar-refractivity contribution in [3.63, 3.8) is 0 Å². The molecule has 0 fully saturated rings. The Morgan fingerprint density at radius 1 is 1.35 bits per heavy atom. The van der Waals surface area contributed by atoms with E-state index in [9.17, 15) is 8.42 Å². The summed E-state index contributed by atoms with van der Waals surface area (Å²) in [6.45, 7) is 1.99. The molecule has 0 aliphatic heterocycles. The third kappa shape index (κ3) is 4.11. The molecule has 0 bridgehead atoms. The molecule has 2 rings (SSSR count). The van der Waals surface area contributed by atoms with Gasteiger partial charge in [0, 0.05) is 6.07 Å². The second kappa shape index (κ2) is 7.28. The van der Waals surface area contributed by atoms with Gasteiger partial charge in [0.2, 0.25) is 0 Å². The van der Waals surface area contributed by atoms with Gasteiger partial charge in [-0.1, -0.05) is 23.2 Å². The van der Waals surface area contributed by atoms with Crippen LogP contribution in [0.25, 0.3) is 0 Å². The minimum Gasteiger partial charge on any atom is -0.490 e. The van der Waals surface area contributed by atoms with Crippen LogP contribution < -0.4 is 8.92 Å². The average molecular weight is 457 g/mol. The standard InChI is InChI=1S/C13H8BrCl2NO4S2/c1-2-20-9-4-7(6-17)3-8(14)12(9)21-23(18,19)10-5-11(15)22-13(10)16/h3-5H,2H2,1H3. The van der Waals surface area contributed by atoms with Crippen molar-refractivity contribution in [2.45, 2.75) is 11.8 Å². The predicted molar refractivity (Wildman–Crippen MR) is 92.2 cm³/mol. The number of nitrogens with zero attached hydrogens (tertiary/aromatic N) is 1. The average Bonchev–Trinajstić information content (AvgIpc) is 2.82. The summed E-state index contributed by atoms with van der Waals surface area (Å²) in [4.78, 5) is -0.229. The molecule has 0 atom stereocenters. The van der Waals surface area contributed by atoms with Gasteiger partial charge in [0.15, 0.2) is 11.5 Å². The van der Waals surface area contributed by atoms with E-state index in [1.54, 1.807) is 6.92 Å². The Hall–Kier alpha value is -0.980. The number of halogens is 3. The fourth-order valence-corrected chi connectivity index (χ4v) is 5.32. The maximum Gasteiger partial charge on any atom is 0.341 e. The number of benzene rings is 1. The largest absolute Gasteiger partial charge is 0.490 e. The zero-order valence-corrected chi connectivity index (χ0v) is 16.2. The molecule has 0 unspecified atom stereocenters. The van der Waals surface area contributed by atoms with E-state index in [0.717, 1.165) is 11.3 Å². The first-order valence-corrected chi connectivity index (χ1v) is 9.81. The lowest BCUT2D eigenvalue weighted by atomic mass is 10.2. The Labute approximate surface area is 155 Å². The van der Waals surface area contributed by atoms with E-state index in [0.29, 0.717) is 5.56 Å². The van der Waals surface area contributed by atoms with Crippen LogP contribution in [0.15, 0.2) is 27.6 Å². The second-order valence-electron chi connectivity index (χ2n) is 4.06. The summed E-state index contributed by atoms with van der Waals surface area (Å²) in [7, 11) is -4.20. The fraction of sp³-hybridized carbons (Fsp3) is 0.154. The van der Waals surface area contributed by atoms with Gasteiger partial charge in [-0.05, 0) is 35.0 Å². The summed E-state index contributed by atoms with van der Waals surface area (Å²) in [6, 6.07) is 5.98. The molecule has 0 saturated carbocycles. The van der Waals surface area contributed by atoms with Gasteiger partial charge in [0.25, 0.3) is 0 Å². The van der Waals surface area contributed by atoms with Gasteiger partial charge in [-0.15, -0.1) is 11.3 Å². The highest BCUT2D eigenvalue weighted by Crippen LogP contribution is 2.41. The van der Waals surface area contributed by atoms with E-state index in [-0.39, 0.29) is 36.1 Å². The van der Waals surface area contributed by atoms with Crippen LogP contribution in [0.4, 0.5) is 0 Å². The predicted octanol–water partition coefficient (Wildman–Crippen LogP) is 4.86. The summed E-state index contributed by atoms with van der Waals surface area (Å²) in [5.74, 6) is 0.0590. The Balaban J connectivity index is 2.51. The van der Waals surface area contributed by atoms with E-state index in [1.807, 2.05) is 6.07 Å². The fourth-order valence-electron chi connectivity index (χ4n) is 1.63. The minimum absolute atomic E-state index is 0.00210. The third-order valence-corrected chi connectivity index (χ3v) is 6.09. The minimum atomic E-state index is -4.20. The van der Waals surface area contributed by atoms with Gasteiger partial charge in [-0.3, -0.25) is 0 Å². The molecule has 10 heteroatoms. The number of thiophene rings is 1.